The molecule has 0 aliphatic carbocycles. The second kappa shape index (κ2) is 12.8. The maximum absolute atomic E-state index is 11.6. The first-order valence-corrected chi connectivity index (χ1v) is 8.48. The molecule has 5 heteroatoms. The molecule has 0 bridgehead atoms. The van der Waals surface area contributed by atoms with E-state index in [1.807, 2.05) is 24.3 Å². The Morgan fingerprint density at radius 1 is 1.04 bits per heavy atom. The van der Waals surface area contributed by atoms with Gasteiger partial charge in [-0.05, 0) is 30.7 Å². The SMILES string of the molecule is CCCCCCCOc1ccc(NCC(=O)NCCOC)cc1. The molecular formula is C18H30N2O3. The van der Waals surface area contributed by atoms with Gasteiger partial charge in [-0.25, -0.2) is 0 Å². The minimum Gasteiger partial charge on any atom is -0.494 e. The van der Waals surface area contributed by atoms with Gasteiger partial charge in [0, 0.05) is 19.3 Å². The van der Waals surface area contributed by atoms with Crippen molar-refractivity contribution in [3.63, 3.8) is 0 Å². The molecule has 1 aromatic carbocycles. The monoisotopic (exact) mass is 322 g/mol. The number of ether oxygens (including phenoxy) is 2. The van der Waals surface area contributed by atoms with E-state index in [0.717, 1.165) is 24.5 Å². The van der Waals surface area contributed by atoms with Crippen LogP contribution in [0.2, 0.25) is 0 Å². The van der Waals surface area contributed by atoms with E-state index in [-0.39, 0.29) is 12.5 Å². The number of methoxy groups -OCH3 is 1. The Kier molecular flexibility index (Phi) is 10.7. The van der Waals surface area contributed by atoms with E-state index in [0.29, 0.717) is 13.2 Å². The Morgan fingerprint density at radius 2 is 1.78 bits per heavy atom. The Balaban J connectivity index is 2.16. The summed E-state index contributed by atoms with van der Waals surface area (Å²) in [6, 6.07) is 7.71. The molecule has 1 aromatic rings. The van der Waals surface area contributed by atoms with E-state index in [9.17, 15) is 4.79 Å². The van der Waals surface area contributed by atoms with Crippen molar-refractivity contribution in [2.45, 2.75) is 39.0 Å². The van der Waals surface area contributed by atoms with Crippen LogP contribution in [0.4, 0.5) is 5.69 Å². The van der Waals surface area contributed by atoms with Crippen LogP contribution in [-0.2, 0) is 9.53 Å². The van der Waals surface area contributed by atoms with Gasteiger partial charge in [0.25, 0.3) is 0 Å². The van der Waals surface area contributed by atoms with Crippen LogP contribution in [0.3, 0.4) is 0 Å². The number of carbonyl (C=O) groups is 1. The zero-order chi connectivity index (χ0) is 16.8. The summed E-state index contributed by atoms with van der Waals surface area (Å²) in [5.74, 6) is 0.824. The zero-order valence-corrected chi connectivity index (χ0v) is 14.4. The van der Waals surface area contributed by atoms with Gasteiger partial charge >= 0.3 is 0 Å². The summed E-state index contributed by atoms with van der Waals surface area (Å²) in [5, 5.41) is 5.84. The quantitative estimate of drug-likeness (QED) is 0.548. The topological polar surface area (TPSA) is 59.6 Å². The first-order valence-electron chi connectivity index (χ1n) is 8.48. The van der Waals surface area contributed by atoms with Gasteiger partial charge in [-0.15, -0.1) is 0 Å². The highest BCUT2D eigenvalue weighted by atomic mass is 16.5. The van der Waals surface area contributed by atoms with Crippen molar-refractivity contribution in [2.75, 3.05) is 38.7 Å². The minimum atomic E-state index is -0.0468. The molecular weight excluding hydrogens is 292 g/mol. The van der Waals surface area contributed by atoms with Gasteiger partial charge in [-0.2, -0.15) is 0 Å². The van der Waals surface area contributed by atoms with E-state index < -0.39 is 0 Å². The number of hydrogen-bond donors (Lipinski definition) is 2. The first-order chi connectivity index (χ1) is 11.3. The maximum atomic E-state index is 11.6. The highest BCUT2D eigenvalue weighted by Gasteiger charge is 2.01. The van der Waals surface area contributed by atoms with Crippen molar-refractivity contribution in [3.05, 3.63) is 24.3 Å². The smallest absolute Gasteiger partial charge is 0.239 e. The molecule has 0 radical (unpaired) electrons. The fraction of sp³-hybridized carbons (Fsp3) is 0.611. The van der Waals surface area contributed by atoms with E-state index in [2.05, 4.69) is 17.6 Å². The lowest BCUT2D eigenvalue weighted by atomic mass is 10.2. The Hall–Kier alpha value is -1.75. The van der Waals surface area contributed by atoms with Gasteiger partial charge in [-0.3, -0.25) is 4.79 Å². The fourth-order valence-corrected chi connectivity index (χ4v) is 2.10. The normalized spacial score (nSPS) is 10.3. The summed E-state index contributed by atoms with van der Waals surface area (Å²) in [7, 11) is 1.61. The lowest BCUT2D eigenvalue weighted by Crippen LogP contribution is -2.32. The molecule has 0 fully saturated rings. The summed E-state index contributed by atoms with van der Waals surface area (Å²) in [6.07, 6.45) is 6.18. The molecule has 0 aliphatic heterocycles. The summed E-state index contributed by atoms with van der Waals surface area (Å²) in [6.45, 7) is 4.29. The number of rotatable bonds is 13. The maximum Gasteiger partial charge on any atom is 0.239 e. The molecule has 0 saturated heterocycles. The number of benzene rings is 1. The molecule has 5 nitrogen and oxygen atoms in total. The summed E-state index contributed by atoms with van der Waals surface area (Å²) >= 11 is 0. The van der Waals surface area contributed by atoms with E-state index >= 15 is 0 Å². The Bertz CT molecular complexity index is 421. The number of amides is 1. The summed E-state index contributed by atoms with van der Waals surface area (Å²) < 4.78 is 10.6. The number of nitrogens with one attached hydrogen (secondary N) is 2. The molecule has 1 rings (SSSR count). The number of carbonyl (C=O) groups excluding carboxylic acids is 1. The molecule has 0 aromatic heterocycles. The van der Waals surface area contributed by atoms with Crippen molar-refractivity contribution in [1.29, 1.82) is 0 Å². The second-order valence-electron chi connectivity index (χ2n) is 5.48. The molecule has 0 atom stereocenters. The van der Waals surface area contributed by atoms with Gasteiger partial charge in [0.15, 0.2) is 0 Å². The Morgan fingerprint density at radius 3 is 2.48 bits per heavy atom. The number of hydrogen-bond acceptors (Lipinski definition) is 4. The van der Waals surface area contributed by atoms with E-state index in [4.69, 9.17) is 9.47 Å². The lowest BCUT2D eigenvalue weighted by Gasteiger charge is -2.09. The van der Waals surface area contributed by atoms with Crippen molar-refractivity contribution in [2.24, 2.45) is 0 Å². The van der Waals surface area contributed by atoms with Gasteiger partial charge < -0.3 is 20.1 Å². The van der Waals surface area contributed by atoms with Crippen LogP contribution in [0.5, 0.6) is 5.75 Å². The predicted molar refractivity (Wildman–Crippen MR) is 94.1 cm³/mol. The fourth-order valence-electron chi connectivity index (χ4n) is 2.10. The van der Waals surface area contributed by atoms with Crippen LogP contribution >= 0.6 is 0 Å². The van der Waals surface area contributed by atoms with Crippen molar-refractivity contribution >= 4 is 11.6 Å². The van der Waals surface area contributed by atoms with E-state index in [1.165, 1.54) is 25.7 Å². The molecule has 0 heterocycles. The van der Waals surface area contributed by atoms with Crippen molar-refractivity contribution in [3.8, 4) is 5.75 Å². The lowest BCUT2D eigenvalue weighted by molar-refractivity contribution is -0.119. The molecule has 23 heavy (non-hydrogen) atoms. The summed E-state index contributed by atoms with van der Waals surface area (Å²) in [5.41, 5.74) is 0.905. The van der Waals surface area contributed by atoms with Crippen LogP contribution in [0.1, 0.15) is 39.0 Å². The van der Waals surface area contributed by atoms with Crippen LogP contribution in [0.25, 0.3) is 0 Å². The third-order valence-electron chi connectivity index (χ3n) is 3.45. The average molecular weight is 322 g/mol. The molecule has 0 spiro atoms. The molecule has 0 aliphatic rings. The van der Waals surface area contributed by atoms with Gasteiger partial charge in [0.05, 0.1) is 19.8 Å². The molecule has 0 saturated carbocycles. The molecule has 130 valence electrons. The number of unbranched alkanes of at least 4 members (excludes halogenated alkanes) is 4. The zero-order valence-electron chi connectivity index (χ0n) is 14.4. The van der Waals surface area contributed by atoms with Crippen molar-refractivity contribution < 1.29 is 14.3 Å². The third-order valence-corrected chi connectivity index (χ3v) is 3.45. The number of anilines is 1. The average Bonchev–Trinajstić information content (AvgIpc) is 2.57. The molecule has 2 N–H and O–H groups in total. The highest BCUT2D eigenvalue weighted by Crippen LogP contribution is 2.16. The predicted octanol–water partition coefficient (Wildman–Crippen LogP) is 3.21. The van der Waals surface area contributed by atoms with Crippen LogP contribution in [-0.4, -0.2) is 39.3 Å². The highest BCUT2D eigenvalue weighted by molar-refractivity contribution is 5.80. The van der Waals surface area contributed by atoms with Crippen molar-refractivity contribution in [1.82, 2.24) is 5.32 Å². The molecule has 1 amide bonds. The standard InChI is InChI=1S/C18H30N2O3/c1-3-4-5-6-7-13-23-17-10-8-16(9-11-17)20-15-18(21)19-12-14-22-2/h8-11,20H,3-7,12-15H2,1-2H3,(H,19,21). The largest absolute Gasteiger partial charge is 0.494 e. The Labute approximate surface area is 139 Å². The second-order valence-corrected chi connectivity index (χ2v) is 5.48. The van der Waals surface area contributed by atoms with Gasteiger partial charge in [-0.1, -0.05) is 32.6 Å². The van der Waals surface area contributed by atoms with Crippen LogP contribution in [0, 0.1) is 0 Å². The third kappa shape index (κ3) is 9.79. The first kappa shape index (κ1) is 19.3. The van der Waals surface area contributed by atoms with Gasteiger partial charge in [0.2, 0.25) is 5.91 Å². The van der Waals surface area contributed by atoms with E-state index in [1.54, 1.807) is 7.11 Å². The summed E-state index contributed by atoms with van der Waals surface area (Å²) in [4.78, 5) is 11.6. The minimum absolute atomic E-state index is 0.0468. The molecule has 0 unspecified atom stereocenters. The van der Waals surface area contributed by atoms with Crippen LogP contribution in [0.15, 0.2) is 24.3 Å². The van der Waals surface area contributed by atoms with Crippen LogP contribution < -0.4 is 15.4 Å². The van der Waals surface area contributed by atoms with Gasteiger partial charge in [0.1, 0.15) is 5.75 Å².